The predicted molar refractivity (Wildman–Crippen MR) is 210 cm³/mol. The molecular formula is C39H62Cl2N6O3. The third-order valence-corrected chi connectivity index (χ3v) is 11.4. The number of morpholine rings is 2. The number of anilines is 2. The summed E-state index contributed by atoms with van der Waals surface area (Å²) < 4.78 is 11.2. The van der Waals surface area contributed by atoms with Gasteiger partial charge in [-0.05, 0) is 62.1 Å². The average Bonchev–Trinajstić information content (AvgIpc) is 3.15. The molecule has 4 aliphatic heterocycles. The van der Waals surface area contributed by atoms with Gasteiger partial charge in [-0.1, -0.05) is 26.0 Å². The van der Waals surface area contributed by atoms with E-state index in [1.165, 1.54) is 11.1 Å². The molecule has 9 nitrogen and oxygen atoms in total. The van der Waals surface area contributed by atoms with E-state index >= 15 is 0 Å². The molecule has 4 fully saturated rings. The average molecular weight is 734 g/mol. The summed E-state index contributed by atoms with van der Waals surface area (Å²) in [5, 5.41) is 0. The highest BCUT2D eigenvalue weighted by Gasteiger charge is 2.29. The van der Waals surface area contributed by atoms with Gasteiger partial charge in [-0.3, -0.25) is 24.4 Å². The maximum atomic E-state index is 14.9. The largest absolute Gasteiger partial charge is 0.379 e. The molecule has 2 unspecified atom stereocenters. The maximum Gasteiger partial charge on any atom is 0.197 e. The molecule has 0 radical (unpaired) electrons. The molecule has 0 amide bonds. The van der Waals surface area contributed by atoms with Crippen molar-refractivity contribution < 1.29 is 14.3 Å². The summed E-state index contributed by atoms with van der Waals surface area (Å²) in [5.41, 5.74) is 6.40. The number of hydrogen-bond acceptors (Lipinski definition) is 9. The van der Waals surface area contributed by atoms with E-state index in [9.17, 15) is 4.79 Å². The summed E-state index contributed by atoms with van der Waals surface area (Å²) in [6.45, 7) is 25.8. The molecule has 0 bridgehead atoms. The first-order chi connectivity index (χ1) is 23.4. The minimum atomic E-state index is 0. The molecular weight excluding hydrogens is 671 g/mol. The van der Waals surface area contributed by atoms with Crippen molar-refractivity contribution in [1.82, 2.24) is 19.6 Å². The molecule has 50 heavy (non-hydrogen) atoms. The number of carbonyl (C=O) groups excluding carboxylic acids is 1. The first-order valence-electron chi connectivity index (χ1n) is 18.8. The maximum absolute atomic E-state index is 14.9. The zero-order chi connectivity index (χ0) is 33.5. The monoisotopic (exact) mass is 732 g/mol. The van der Waals surface area contributed by atoms with E-state index in [1.807, 2.05) is 0 Å². The van der Waals surface area contributed by atoms with Crippen LogP contribution in [0.4, 0.5) is 11.4 Å². The number of hydrogen-bond donors (Lipinski definition) is 0. The standard InChI is InChI=1S/C39H60N6O3.2ClH/c1-5-31(3)42-11-15-44(16-12-42)37-27-33(29-40-19-23-47-24-20-40)7-9-35(37)39(46)36-10-8-34(30-41-21-25-48-26-22-41)28-38(36)45-17-13-43(14-18-45)32(4)6-2;;/h7-10,27-28,31-32H,5-6,11-26,29-30H2,1-4H3;2*1H. The van der Waals surface area contributed by atoms with Crippen LogP contribution in [-0.4, -0.2) is 142 Å². The molecule has 0 N–H and O–H groups in total. The first kappa shape index (κ1) is 40.8. The first-order valence-corrected chi connectivity index (χ1v) is 18.8. The van der Waals surface area contributed by atoms with E-state index in [1.54, 1.807) is 0 Å². The molecule has 0 aromatic heterocycles. The van der Waals surface area contributed by atoms with Crippen LogP contribution in [0.1, 0.15) is 67.6 Å². The van der Waals surface area contributed by atoms with Crippen LogP contribution in [0, 0.1) is 0 Å². The summed E-state index contributed by atoms with van der Waals surface area (Å²) in [7, 11) is 0. The topological polar surface area (TPSA) is 55.0 Å². The van der Waals surface area contributed by atoms with Crippen molar-refractivity contribution in [3.05, 3.63) is 58.7 Å². The zero-order valence-corrected chi connectivity index (χ0v) is 32.6. The van der Waals surface area contributed by atoms with Crippen LogP contribution >= 0.6 is 24.8 Å². The Balaban J connectivity index is 0.00000281. The number of ether oxygens (including phenoxy) is 2. The molecule has 4 saturated heterocycles. The summed E-state index contributed by atoms with van der Waals surface area (Å²) in [5.74, 6) is 0.143. The molecule has 0 aliphatic carbocycles. The van der Waals surface area contributed by atoms with Gasteiger partial charge in [0.1, 0.15) is 0 Å². The van der Waals surface area contributed by atoms with Gasteiger partial charge < -0.3 is 19.3 Å². The Hall–Kier alpha value is -1.95. The fraction of sp³-hybridized carbons (Fsp3) is 0.667. The zero-order valence-electron chi connectivity index (χ0n) is 31.0. The quantitative estimate of drug-likeness (QED) is 0.272. The molecule has 2 aromatic rings. The van der Waals surface area contributed by atoms with Crippen molar-refractivity contribution in [2.24, 2.45) is 0 Å². The van der Waals surface area contributed by atoms with Crippen LogP contribution in [0.2, 0.25) is 0 Å². The normalized spacial score (nSPS) is 21.3. The lowest BCUT2D eigenvalue weighted by atomic mass is 9.95. The number of halogens is 2. The minimum Gasteiger partial charge on any atom is -0.379 e. The molecule has 0 spiro atoms. The van der Waals surface area contributed by atoms with Gasteiger partial charge >= 0.3 is 0 Å². The second-order valence-corrected chi connectivity index (χ2v) is 14.4. The number of nitrogens with zero attached hydrogens (tertiary/aromatic N) is 6. The fourth-order valence-corrected chi connectivity index (χ4v) is 7.76. The number of piperazine rings is 2. The van der Waals surface area contributed by atoms with E-state index in [4.69, 9.17) is 9.47 Å². The van der Waals surface area contributed by atoms with Crippen molar-refractivity contribution in [3.63, 3.8) is 0 Å². The number of carbonyl (C=O) groups is 1. The SMILES string of the molecule is CCC(C)N1CCN(c2cc(CN3CCOCC3)ccc2C(=O)c2ccc(CN3CCOCC3)cc2N2CCN(C(C)CC)CC2)CC1.Cl.Cl. The third kappa shape index (κ3) is 10.1. The van der Waals surface area contributed by atoms with E-state index < -0.39 is 0 Å². The van der Waals surface area contributed by atoms with Gasteiger partial charge in [-0.2, -0.15) is 0 Å². The van der Waals surface area contributed by atoms with Crippen LogP contribution in [0.3, 0.4) is 0 Å². The molecule has 0 saturated carbocycles. The van der Waals surface area contributed by atoms with E-state index in [0.29, 0.717) is 12.1 Å². The van der Waals surface area contributed by atoms with Crippen LogP contribution in [0.5, 0.6) is 0 Å². The molecule has 11 heteroatoms. The fourth-order valence-electron chi connectivity index (χ4n) is 7.76. The molecule has 280 valence electrons. The summed E-state index contributed by atoms with van der Waals surface area (Å²) in [4.78, 5) is 30.0. The number of rotatable bonds is 12. The highest BCUT2D eigenvalue weighted by Crippen LogP contribution is 2.32. The van der Waals surface area contributed by atoms with Crippen LogP contribution < -0.4 is 9.80 Å². The predicted octanol–water partition coefficient (Wildman–Crippen LogP) is 5.27. The number of benzene rings is 2. The molecule has 4 aliphatic rings. The van der Waals surface area contributed by atoms with Gasteiger partial charge in [0.25, 0.3) is 0 Å². The van der Waals surface area contributed by atoms with Gasteiger partial charge in [-0.15, -0.1) is 24.8 Å². The number of ketones is 1. The van der Waals surface area contributed by atoms with Gasteiger partial charge in [0.2, 0.25) is 0 Å². The van der Waals surface area contributed by atoms with Crippen molar-refractivity contribution >= 4 is 42.0 Å². The molecule has 2 aromatic carbocycles. The second kappa shape index (κ2) is 19.8. The molecule has 4 heterocycles. The molecule has 6 rings (SSSR count). The lowest BCUT2D eigenvalue weighted by Crippen LogP contribution is -2.50. The lowest BCUT2D eigenvalue weighted by Gasteiger charge is -2.40. The van der Waals surface area contributed by atoms with Gasteiger partial charge in [0.05, 0.1) is 26.4 Å². The van der Waals surface area contributed by atoms with E-state index in [2.05, 4.69) is 93.5 Å². The lowest BCUT2D eigenvalue weighted by molar-refractivity contribution is 0.0341. The van der Waals surface area contributed by atoms with Crippen molar-refractivity contribution in [2.45, 2.75) is 65.7 Å². The van der Waals surface area contributed by atoms with Crippen molar-refractivity contribution in [3.8, 4) is 0 Å². The summed E-state index contributed by atoms with van der Waals surface area (Å²) in [6.07, 6.45) is 2.32. The second-order valence-electron chi connectivity index (χ2n) is 14.4. The van der Waals surface area contributed by atoms with Crippen LogP contribution in [-0.2, 0) is 22.6 Å². The summed E-state index contributed by atoms with van der Waals surface area (Å²) in [6, 6.07) is 14.4. The van der Waals surface area contributed by atoms with Crippen LogP contribution in [0.25, 0.3) is 0 Å². The Morgan fingerprint density at radius 1 is 0.580 bits per heavy atom. The van der Waals surface area contributed by atoms with Crippen LogP contribution in [0.15, 0.2) is 36.4 Å². The highest BCUT2D eigenvalue weighted by atomic mass is 35.5. The Bertz CT molecular complexity index is 1240. The minimum absolute atomic E-state index is 0. The van der Waals surface area contributed by atoms with Gasteiger partial charge in [0, 0.05) is 126 Å². The molecule has 2 atom stereocenters. The Kier molecular flexibility index (Phi) is 16.1. The van der Waals surface area contributed by atoms with Gasteiger partial charge in [0.15, 0.2) is 5.78 Å². The summed E-state index contributed by atoms with van der Waals surface area (Å²) >= 11 is 0. The Morgan fingerprint density at radius 3 is 1.28 bits per heavy atom. The Labute approximate surface area is 314 Å². The Morgan fingerprint density at radius 2 is 0.940 bits per heavy atom. The van der Waals surface area contributed by atoms with Crippen molar-refractivity contribution in [2.75, 3.05) is 115 Å². The van der Waals surface area contributed by atoms with E-state index in [0.717, 1.165) is 153 Å². The van der Waals surface area contributed by atoms with E-state index in [-0.39, 0.29) is 30.6 Å². The third-order valence-electron chi connectivity index (χ3n) is 11.4. The highest BCUT2D eigenvalue weighted by molar-refractivity contribution is 6.15. The smallest absolute Gasteiger partial charge is 0.197 e. The van der Waals surface area contributed by atoms with Gasteiger partial charge in [-0.25, -0.2) is 0 Å². The van der Waals surface area contributed by atoms with Crippen molar-refractivity contribution in [1.29, 1.82) is 0 Å².